The van der Waals surface area contributed by atoms with Crippen molar-refractivity contribution in [1.82, 2.24) is 14.9 Å². The molecule has 1 amide bonds. The molecule has 1 N–H and O–H groups in total. The third kappa shape index (κ3) is 3.85. The van der Waals surface area contributed by atoms with Gasteiger partial charge in [0.05, 0.1) is 5.56 Å². The fourth-order valence-corrected chi connectivity index (χ4v) is 3.30. The quantitative estimate of drug-likeness (QED) is 0.930. The Hall–Kier alpha value is -2.14. The molecular weight excluding hydrogens is 326 g/mol. The van der Waals surface area contributed by atoms with Crippen molar-refractivity contribution in [3.8, 4) is 0 Å². The Balaban J connectivity index is 1.68. The molecule has 6 heteroatoms. The number of pyridine rings is 2. The molecule has 0 unspecified atom stereocenters. The zero-order chi connectivity index (χ0) is 17.1. The molecule has 0 saturated carbocycles. The van der Waals surface area contributed by atoms with Crippen molar-refractivity contribution in [3.63, 3.8) is 0 Å². The van der Waals surface area contributed by atoms with Crippen LogP contribution in [0.1, 0.15) is 34.5 Å². The van der Waals surface area contributed by atoms with E-state index in [4.69, 9.17) is 11.6 Å². The van der Waals surface area contributed by atoms with Crippen LogP contribution in [0.3, 0.4) is 0 Å². The van der Waals surface area contributed by atoms with E-state index in [9.17, 15) is 9.59 Å². The monoisotopic (exact) mass is 345 g/mol. The van der Waals surface area contributed by atoms with Gasteiger partial charge in [0.25, 0.3) is 11.5 Å². The van der Waals surface area contributed by atoms with Gasteiger partial charge >= 0.3 is 0 Å². The zero-order valence-electron chi connectivity index (χ0n) is 13.6. The maximum Gasteiger partial charge on any atom is 0.266 e. The van der Waals surface area contributed by atoms with Crippen molar-refractivity contribution in [1.29, 1.82) is 0 Å². The Morgan fingerprint density at radius 3 is 3.00 bits per heavy atom. The van der Waals surface area contributed by atoms with Crippen molar-refractivity contribution in [2.24, 2.45) is 5.92 Å². The van der Waals surface area contributed by atoms with Gasteiger partial charge in [0.15, 0.2) is 0 Å². The first kappa shape index (κ1) is 16.7. The minimum Gasteiger partial charge on any atom is -0.338 e. The normalized spacial score (nSPS) is 17.8. The van der Waals surface area contributed by atoms with Crippen LogP contribution in [0.2, 0.25) is 5.02 Å². The Labute approximate surface area is 145 Å². The second-order valence-corrected chi connectivity index (χ2v) is 6.74. The number of nitrogens with zero attached hydrogens (tertiary/aromatic N) is 2. The third-order valence-corrected chi connectivity index (χ3v) is 4.69. The molecule has 1 aliphatic heterocycles. The first-order valence-corrected chi connectivity index (χ1v) is 8.50. The lowest BCUT2D eigenvalue weighted by Gasteiger charge is -2.33. The average Bonchev–Trinajstić information content (AvgIpc) is 2.59. The van der Waals surface area contributed by atoms with E-state index in [1.54, 1.807) is 0 Å². The Bertz CT molecular complexity index is 786. The lowest BCUT2D eigenvalue weighted by atomic mass is 9.91. The number of likely N-dealkylation sites (tertiary alicyclic amines) is 1. The van der Waals surface area contributed by atoms with Gasteiger partial charge in [0.2, 0.25) is 0 Å². The molecule has 1 saturated heterocycles. The molecule has 1 fully saturated rings. The summed E-state index contributed by atoms with van der Waals surface area (Å²) < 4.78 is 0. The van der Waals surface area contributed by atoms with Crippen molar-refractivity contribution in [2.75, 3.05) is 13.1 Å². The summed E-state index contributed by atoms with van der Waals surface area (Å²) in [6, 6.07) is 5.56. The SMILES string of the molecule is Cc1ccc(C[C@@H]2CCCN(C(=O)c3c[nH]c(=O)c(Cl)c3)C2)cn1. The average molecular weight is 346 g/mol. The van der Waals surface area contributed by atoms with Crippen LogP contribution in [0.25, 0.3) is 0 Å². The summed E-state index contributed by atoms with van der Waals surface area (Å²) in [5, 5.41) is 0.0418. The van der Waals surface area contributed by atoms with Crippen molar-refractivity contribution in [3.05, 3.63) is 62.8 Å². The second-order valence-electron chi connectivity index (χ2n) is 6.34. The topological polar surface area (TPSA) is 66.1 Å². The summed E-state index contributed by atoms with van der Waals surface area (Å²) >= 11 is 5.82. The smallest absolute Gasteiger partial charge is 0.266 e. The summed E-state index contributed by atoms with van der Waals surface area (Å²) in [6.45, 7) is 3.42. The van der Waals surface area contributed by atoms with E-state index in [0.717, 1.165) is 31.5 Å². The zero-order valence-corrected chi connectivity index (χ0v) is 14.3. The molecule has 5 nitrogen and oxygen atoms in total. The van der Waals surface area contributed by atoms with Gasteiger partial charge in [-0.2, -0.15) is 0 Å². The number of aromatic amines is 1. The van der Waals surface area contributed by atoms with E-state index in [-0.39, 0.29) is 16.5 Å². The molecule has 0 radical (unpaired) electrons. The maximum absolute atomic E-state index is 12.6. The highest BCUT2D eigenvalue weighted by atomic mass is 35.5. The highest BCUT2D eigenvalue weighted by molar-refractivity contribution is 6.30. The molecule has 2 aromatic rings. The van der Waals surface area contributed by atoms with Crippen LogP contribution in [0.5, 0.6) is 0 Å². The number of rotatable bonds is 3. The number of carbonyl (C=O) groups is 1. The predicted molar refractivity (Wildman–Crippen MR) is 93.4 cm³/mol. The van der Waals surface area contributed by atoms with Crippen LogP contribution < -0.4 is 5.56 Å². The van der Waals surface area contributed by atoms with Gasteiger partial charge in [-0.15, -0.1) is 0 Å². The van der Waals surface area contributed by atoms with Gasteiger partial charge in [-0.25, -0.2) is 0 Å². The van der Waals surface area contributed by atoms with Crippen molar-refractivity contribution in [2.45, 2.75) is 26.2 Å². The van der Waals surface area contributed by atoms with E-state index in [1.807, 2.05) is 24.1 Å². The number of carbonyl (C=O) groups excluding carboxylic acids is 1. The van der Waals surface area contributed by atoms with Crippen molar-refractivity contribution < 1.29 is 4.79 Å². The molecule has 1 aliphatic rings. The maximum atomic E-state index is 12.6. The molecular formula is C18H20ClN3O2. The van der Waals surface area contributed by atoms with Crippen LogP contribution in [0.15, 0.2) is 35.4 Å². The van der Waals surface area contributed by atoms with E-state index in [0.29, 0.717) is 18.0 Å². The summed E-state index contributed by atoms with van der Waals surface area (Å²) in [5.74, 6) is 0.338. The number of nitrogens with one attached hydrogen (secondary N) is 1. The molecule has 0 aromatic carbocycles. The van der Waals surface area contributed by atoms with Crippen molar-refractivity contribution >= 4 is 17.5 Å². The van der Waals surface area contributed by atoms with Gasteiger partial charge in [-0.3, -0.25) is 14.6 Å². The van der Waals surface area contributed by atoms with Gasteiger partial charge in [-0.05, 0) is 49.8 Å². The number of H-pyrrole nitrogens is 1. The number of hydrogen-bond acceptors (Lipinski definition) is 3. The first-order valence-electron chi connectivity index (χ1n) is 8.12. The number of piperidine rings is 1. The first-order chi connectivity index (χ1) is 11.5. The number of hydrogen-bond donors (Lipinski definition) is 1. The summed E-state index contributed by atoms with van der Waals surface area (Å²) in [6.07, 6.45) is 6.35. The number of amides is 1. The Kier molecular flexibility index (Phi) is 5.00. The summed E-state index contributed by atoms with van der Waals surface area (Å²) in [5.41, 5.74) is 2.26. The molecule has 3 rings (SSSR count). The molecule has 2 aromatic heterocycles. The summed E-state index contributed by atoms with van der Waals surface area (Å²) in [7, 11) is 0. The van der Waals surface area contributed by atoms with E-state index in [2.05, 4.69) is 16.0 Å². The van der Waals surface area contributed by atoms with Gasteiger partial charge in [0.1, 0.15) is 5.02 Å². The highest BCUT2D eigenvalue weighted by Gasteiger charge is 2.25. The van der Waals surface area contributed by atoms with Crippen LogP contribution in [0.4, 0.5) is 0 Å². The lowest BCUT2D eigenvalue weighted by molar-refractivity contribution is 0.0673. The fraction of sp³-hybridized carbons (Fsp3) is 0.389. The van der Waals surface area contributed by atoms with Crippen LogP contribution in [-0.4, -0.2) is 33.9 Å². The van der Waals surface area contributed by atoms with Crippen LogP contribution >= 0.6 is 11.6 Å². The molecule has 126 valence electrons. The number of halogens is 1. The molecule has 24 heavy (non-hydrogen) atoms. The van der Waals surface area contributed by atoms with Gasteiger partial charge in [-0.1, -0.05) is 17.7 Å². The number of aromatic nitrogens is 2. The van der Waals surface area contributed by atoms with Gasteiger partial charge in [0, 0.05) is 31.2 Å². The minimum absolute atomic E-state index is 0.0418. The van der Waals surface area contributed by atoms with Crippen LogP contribution in [-0.2, 0) is 6.42 Å². The summed E-state index contributed by atoms with van der Waals surface area (Å²) in [4.78, 5) is 32.7. The standard InChI is InChI=1S/C18H20ClN3O2/c1-12-4-5-13(9-20-12)7-14-3-2-6-22(11-14)18(24)15-8-16(19)17(23)21-10-15/h4-5,8-10,14H,2-3,6-7,11H2,1H3,(H,21,23)/t14-/m0/s1. The van der Waals surface area contributed by atoms with E-state index < -0.39 is 0 Å². The molecule has 0 spiro atoms. The fourth-order valence-electron chi connectivity index (χ4n) is 3.13. The minimum atomic E-state index is -0.378. The predicted octanol–water partition coefficient (Wildman–Crippen LogP) is 2.83. The van der Waals surface area contributed by atoms with E-state index >= 15 is 0 Å². The molecule has 3 heterocycles. The Morgan fingerprint density at radius 1 is 1.46 bits per heavy atom. The second kappa shape index (κ2) is 7.18. The molecule has 0 bridgehead atoms. The van der Waals surface area contributed by atoms with Crippen LogP contribution in [0, 0.1) is 12.8 Å². The molecule has 1 atom stereocenters. The lowest BCUT2D eigenvalue weighted by Crippen LogP contribution is -2.40. The third-order valence-electron chi connectivity index (χ3n) is 4.41. The molecule has 0 aliphatic carbocycles. The highest BCUT2D eigenvalue weighted by Crippen LogP contribution is 2.22. The largest absolute Gasteiger partial charge is 0.338 e. The van der Waals surface area contributed by atoms with E-state index in [1.165, 1.54) is 17.8 Å². The van der Waals surface area contributed by atoms with Gasteiger partial charge < -0.3 is 9.88 Å². The Morgan fingerprint density at radius 2 is 2.29 bits per heavy atom. The number of aryl methyl sites for hydroxylation is 1.